The predicted molar refractivity (Wildman–Crippen MR) is 137 cm³/mol. The van der Waals surface area contributed by atoms with Crippen LogP contribution in [0.2, 0.25) is 0 Å². The average Bonchev–Trinajstić information content (AvgIpc) is 2.89. The zero-order valence-corrected chi connectivity index (χ0v) is 21.3. The summed E-state index contributed by atoms with van der Waals surface area (Å²) >= 11 is 0. The van der Waals surface area contributed by atoms with Crippen molar-refractivity contribution in [2.75, 3.05) is 44.0 Å². The normalized spacial score (nSPS) is 14.6. The fourth-order valence-electron chi connectivity index (χ4n) is 4.18. The Labute approximate surface area is 211 Å². The first-order chi connectivity index (χ1) is 17.2. The lowest BCUT2D eigenvalue weighted by atomic mass is 10.1. The number of carbonyl (C=O) groups excluding carboxylic acids is 1. The summed E-state index contributed by atoms with van der Waals surface area (Å²) in [6, 6.07) is 14.1. The summed E-state index contributed by atoms with van der Waals surface area (Å²) in [6.07, 6.45) is 4.75. The Morgan fingerprint density at radius 3 is 2.33 bits per heavy atom. The lowest BCUT2D eigenvalue weighted by molar-refractivity contribution is 0.0993. The Kier molecular flexibility index (Phi) is 7.56. The van der Waals surface area contributed by atoms with Crippen LogP contribution in [0.25, 0.3) is 0 Å². The Hall–Kier alpha value is -3.50. The van der Waals surface area contributed by atoms with Crippen LogP contribution in [0.3, 0.4) is 0 Å². The highest BCUT2D eigenvalue weighted by atomic mass is 32.2. The zero-order chi connectivity index (χ0) is 25.9. The van der Waals surface area contributed by atoms with Gasteiger partial charge in [-0.15, -0.1) is 0 Å². The zero-order valence-electron chi connectivity index (χ0n) is 20.5. The number of anilines is 2. The predicted octanol–water partition coefficient (Wildman–Crippen LogP) is 3.80. The number of aromatic nitrogens is 1. The maximum Gasteiger partial charge on any atom is 0.258 e. The van der Waals surface area contributed by atoms with Crippen LogP contribution in [0.5, 0.6) is 5.75 Å². The molecule has 10 heteroatoms. The topological polar surface area (TPSA) is 83.1 Å². The van der Waals surface area contributed by atoms with Gasteiger partial charge in [-0.3, -0.25) is 9.78 Å². The number of nitrogens with zero attached hydrogens (tertiary/aromatic N) is 4. The molecule has 0 saturated carbocycles. The first-order valence-electron chi connectivity index (χ1n) is 11.6. The molecule has 1 amide bonds. The van der Waals surface area contributed by atoms with Gasteiger partial charge in [0.2, 0.25) is 10.0 Å². The molecule has 2 aromatic carbocycles. The van der Waals surface area contributed by atoms with E-state index in [9.17, 15) is 13.2 Å². The molecule has 3 aromatic rings. The second kappa shape index (κ2) is 10.6. The SMILES string of the molecule is CN(C(=O)c1ccc(S(=O)(=O)N(C)C)cc1)c1cccc(F)c1N1CCC(Oc2cccnc2)CC1. The smallest absolute Gasteiger partial charge is 0.258 e. The number of pyridine rings is 1. The molecule has 190 valence electrons. The number of benzene rings is 2. The van der Waals surface area contributed by atoms with E-state index < -0.39 is 15.8 Å². The van der Waals surface area contributed by atoms with Gasteiger partial charge in [-0.1, -0.05) is 6.07 Å². The molecule has 0 atom stereocenters. The van der Waals surface area contributed by atoms with Crippen molar-refractivity contribution in [1.29, 1.82) is 0 Å². The number of hydrogen-bond acceptors (Lipinski definition) is 6. The summed E-state index contributed by atoms with van der Waals surface area (Å²) in [4.78, 5) is 20.7. The Balaban J connectivity index is 1.51. The molecular weight excluding hydrogens is 483 g/mol. The number of amides is 1. The highest BCUT2D eigenvalue weighted by Gasteiger charge is 2.27. The molecular formula is C26H29FN4O4S. The van der Waals surface area contributed by atoms with Gasteiger partial charge in [0, 0.05) is 58.8 Å². The van der Waals surface area contributed by atoms with Crippen LogP contribution in [0, 0.1) is 5.82 Å². The third kappa shape index (κ3) is 5.34. The summed E-state index contributed by atoms with van der Waals surface area (Å²) in [5.74, 6) is -0.0751. The molecule has 1 fully saturated rings. The molecule has 2 heterocycles. The standard InChI is InChI=1S/C26H29FN4O4S/c1-29(2)36(33,34)22-11-9-19(10-12-22)26(32)30(3)24-8-4-7-23(27)25(24)31-16-13-20(14-17-31)35-21-6-5-15-28-18-21/h4-12,15,18,20H,13-14,16-17H2,1-3H3. The molecule has 0 bridgehead atoms. The number of para-hydroxylation sites is 1. The van der Waals surface area contributed by atoms with Crippen molar-refractivity contribution in [1.82, 2.24) is 9.29 Å². The Bertz CT molecular complexity index is 1310. The van der Waals surface area contributed by atoms with Gasteiger partial charge in [0.05, 0.1) is 22.5 Å². The summed E-state index contributed by atoms with van der Waals surface area (Å²) < 4.78 is 46.8. The van der Waals surface area contributed by atoms with E-state index in [2.05, 4.69) is 4.98 Å². The second-order valence-electron chi connectivity index (χ2n) is 8.78. The quantitative estimate of drug-likeness (QED) is 0.479. The van der Waals surface area contributed by atoms with Crippen LogP contribution in [0.1, 0.15) is 23.2 Å². The van der Waals surface area contributed by atoms with Crippen molar-refractivity contribution in [3.63, 3.8) is 0 Å². The second-order valence-corrected chi connectivity index (χ2v) is 10.9. The number of piperidine rings is 1. The van der Waals surface area contributed by atoms with Crippen molar-refractivity contribution < 1.29 is 22.3 Å². The number of ether oxygens (including phenoxy) is 1. The van der Waals surface area contributed by atoms with E-state index in [0.29, 0.717) is 48.6 Å². The van der Waals surface area contributed by atoms with E-state index in [1.807, 2.05) is 17.0 Å². The molecule has 1 saturated heterocycles. The van der Waals surface area contributed by atoms with Crippen LogP contribution >= 0.6 is 0 Å². The van der Waals surface area contributed by atoms with Crippen LogP contribution in [-0.2, 0) is 10.0 Å². The van der Waals surface area contributed by atoms with E-state index in [0.717, 1.165) is 4.31 Å². The first-order valence-corrected chi connectivity index (χ1v) is 13.0. The molecule has 4 rings (SSSR count). The van der Waals surface area contributed by atoms with Crippen LogP contribution in [-0.4, -0.2) is 64.0 Å². The van der Waals surface area contributed by atoms with E-state index >= 15 is 4.39 Å². The van der Waals surface area contributed by atoms with E-state index in [4.69, 9.17) is 4.74 Å². The molecule has 0 spiro atoms. The molecule has 0 radical (unpaired) electrons. The van der Waals surface area contributed by atoms with Gasteiger partial charge in [0.15, 0.2) is 0 Å². The molecule has 36 heavy (non-hydrogen) atoms. The molecule has 0 aliphatic carbocycles. The van der Waals surface area contributed by atoms with Gasteiger partial charge in [0.1, 0.15) is 17.7 Å². The van der Waals surface area contributed by atoms with Crippen molar-refractivity contribution in [3.8, 4) is 5.75 Å². The monoisotopic (exact) mass is 512 g/mol. The molecule has 1 aromatic heterocycles. The summed E-state index contributed by atoms with van der Waals surface area (Å²) in [7, 11) is 0.874. The Morgan fingerprint density at radius 2 is 1.72 bits per heavy atom. The van der Waals surface area contributed by atoms with E-state index in [1.165, 1.54) is 49.3 Å². The minimum atomic E-state index is -3.60. The number of carbonyl (C=O) groups is 1. The van der Waals surface area contributed by atoms with Crippen LogP contribution in [0.15, 0.2) is 71.9 Å². The van der Waals surface area contributed by atoms with Gasteiger partial charge in [-0.2, -0.15) is 0 Å². The first kappa shape index (κ1) is 25.6. The largest absolute Gasteiger partial charge is 0.489 e. The molecule has 0 N–H and O–H groups in total. The molecule has 0 unspecified atom stereocenters. The molecule has 1 aliphatic rings. The fourth-order valence-corrected chi connectivity index (χ4v) is 5.08. The number of rotatable bonds is 7. The van der Waals surface area contributed by atoms with Crippen molar-refractivity contribution in [3.05, 3.63) is 78.4 Å². The van der Waals surface area contributed by atoms with Crippen molar-refractivity contribution in [2.24, 2.45) is 0 Å². The van der Waals surface area contributed by atoms with Crippen LogP contribution < -0.4 is 14.5 Å². The number of hydrogen-bond donors (Lipinski definition) is 0. The highest BCUT2D eigenvalue weighted by Crippen LogP contribution is 2.35. The highest BCUT2D eigenvalue weighted by molar-refractivity contribution is 7.89. The van der Waals surface area contributed by atoms with Crippen LogP contribution in [0.4, 0.5) is 15.8 Å². The van der Waals surface area contributed by atoms with Gasteiger partial charge in [0.25, 0.3) is 5.91 Å². The van der Waals surface area contributed by atoms with E-state index in [-0.39, 0.29) is 16.9 Å². The maximum atomic E-state index is 15.1. The van der Waals surface area contributed by atoms with Gasteiger partial charge >= 0.3 is 0 Å². The van der Waals surface area contributed by atoms with Crippen molar-refractivity contribution in [2.45, 2.75) is 23.8 Å². The summed E-state index contributed by atoms with van der Waals surface area (Å²) in [6.45, 7) is 1.13. The van der Waals surface area contributed by atoms with E-state index in [1.54, 1.807) is 31.6 Å². The maximum absolute atomic E-state index is 15.1. The van der Waals surface area contributed by atoms with Crippen molar-refractivity contribution >= 4 is 27.3 Å². The lowest BCUT2D eigenvalue weighted by Gasteiger charge is -2.36. The minimum Gasteiger partial charge on any atom is -0.489 e. The lowest BCUT2D eigenvalue weighted by Crippen LogP contribution is -2.40. The number of halogens is 1. The fraction of sp³-hybridized carbons (Fsp3) is 0.308. The molecule has 8 nitrogen and oxygen atoms in total. The summed E-state index contributed by atoms with van der Waals surface area (Å²) in [5, 5.41) is 0. The van der Waals surface area contributed by atoms with Gasteiger partial charge < -0.3 is 14.5 Å². The molecule has 1 aliphatic heterocycles. The third-order valence-corrected chi connectivity index (χ3v) is 8.04. The summed E-state index contributed by atoms with van der Waals surface area (Å²) in [5.41, 5.74) is 1.10. The average molecular weight is 513 g/mol. The Morgan fingerprint density at radius 1 is 1.03 bits per heavy atom. The van der Waals surface area contributed by atoms with Gasteiger partial charge in [-0.05, 0) is 48.5 Å². The number of sulfonamides is 1. The third-order valence-electron chi connectivity index (χ3n) is 6.21. The minimum absolute atomic E-state index is 0.00278. The van der Waals surface area contributed by atoms with Gasteiger partial charge in [-0.25, -0.2) is 17.1 Å².